The molecule has 0 spiro atoms. The van der Waals surface area contributed by atoms with Crippen LogP contribution in [-0.2, 0) is 0 Å². The Labute approximate surface area is 284 Å². The van der Waals surface area contributed by atoms with E-state index >= 15 is 0 Å². The van der Waals surface area contributed by atoms with E-state index in [4.69, 9.17) is 9.83 Å². The van der Waals surface area contributed by atoms with E-state index in [2.05, 4.69) is 152 Å². The molecule has 0 saturated heterocycles. The van der Waals surface area contributed by atoms with Crippen molar-refractivity contribution in [3.8, 4) is 44.5 Å². The standard InChI is InChI=1S/C47H31NO/c1-30-36(28-29-48)46(35-26-20-32(21-27-35)38-16-8-11-31-10-2-3-12-37(31)38)42-15-5-4-14-41(42)45(30)34-24-22-33(23-25-34)39-17-9-18-43-40-13-6-7-19-44(40)49-47(39)43/h2-29,48H,1H2/b36-28+,48-29?. The Morgan fingerprint density at radius 1 is 0.449 bits per heavy atom. The van der Waals surface area contributed by atoms with Crippen LogP contribution in [0.3, 0.4) is 0 Å². The first-order valence-electron chi connectivity index (χ1n) is 16.5. The second kappa shape index (κ2) is 11.6. The third-order valence-corrected chi connectivity index (χ3v) is 9.78. The smallest absolute Gasteiger partial charge is 0.143 e. The van der Waals surface area contributed by atoms with Gasteiger partial charge in [-0.05, 0) is 83.1 Å². The summed E-state index contributed by atoms with van der Waals surface area (Å²) in [5, 5.41) is 17.0. The molecule has 0 amide bonds. The maximum atomic E-state index is 8.11. The van der Waals surface area contributed by atoms with Crippen molar-refractivity contribution in [3.05, 3.63) is 168 Å². The van der Waals surface area contributed by atoms with Gasteiger partial charge in [0.2, 0.25) is 0 Å². The molecule has 1 heterocycles. The number of hydrogen-bond acceptors (Lipinski definition) is 2. The zero-order valence-corrected chi connectivity index (χ0v) is 26.8. The van der Waals surface area contributed by atoms with Gasteiger partial charge in [0, 0.05) is 22.6 Å². The van der Waals surface area contributed by atoms with Gasteiger partial charge >= 0.3 is 0 Å². The molecule has 0 aliphatic rings. The first-order chi connectivity index (χ1) is 24.2. The maximum Gasteiger partial charge on any atom is 0.143 e. The van der Waals surface area contributed by atoms with Gasteiger partial charge < -0.3 is 9.83 Å². The van der Waals surface area contributed by atoms with Gasteiger partial charge in [-0.2, -0.15) is 0 Å². The molecule has 1 N–H and O–H groups in total. The normalized spacial score (nSPS) is 12.0. The average molecular weight is 626 g/mol. The molecule has 49 heavy (non-hydrogen) atoms. The molecule has 0 aliphatic carbocycles. The van der Waals surface area contributed by atoms with Crippen LogP contribution in [0, 0.1) is 5.41 Å². The molecule has 2 heteroatoms. The number of benzene rings is 8. The van der Waals surface area contributed by atoms with Crippen LogP contribution in [0.5, 0.6) is 0 Å². The lowest BCUT2D eigenvalue weighted by molar-refractivity contribution is 0.670. The van der Waals surface area contributed by atoms with Crippen molar-refractivity contribution >= 4 is 62.4 Å². The van der Waals surface area contributed by atoms with E-state index in [0.29, 0.717) is 0 Å². The fourth-order valence-electron chi connectivity index (χ4n) is 7.50. The Morgan fingerprint density at radius 2 is 0.959 bits per heavy atom. The van der Waals surface area contributed by atoms with Crippen LogP contribution in [0.25, 0.3) is 101 Å². The molecule has 0 radical (unpaired) electrons. The molecule has 230 valence electrons. The van der Waals surface area contributed by atoms with Gasteiger partial charge in [0.05, 0.1) is 0 Å². The Morgan fingerprint density at radius 3 is 1.69 bits per heavy atom. The Balaban J connectivity index is 1.18. The third-order valence-electron chi connectivity index (χ3n) is 9.78. The van der Waals surface area contributed by atoms with Crippen molar-refractivity contribution in [2.75, 3.05) is 0 Å². The summed E-state index contributed by atoms with van der Waals surface area (Å²) in [7, 11) is 0. The number of fused-ring (bicyclic) bond motifs is 5. The summed E-state index contributed by atoms with van der Waals surface area (Å²) in [6.07, 6.45) is 3.25. The molecular formula is C47H31NO. The molecular weight excluding hydrogens is 595 g/mol. The van der Waals surface area contributed by atoms with E-state index < -0.39 is 0 Å². The lowest BCUT2D eigenvalue weighted by atomic mass is 9.87. The minimum atomic E-state index is 0.896. The van der Waals surface area contributed by atoms with Crippen molar-refractivity contribution in [2.45, 2.75) is 0 Å². The molecule has 2 nitrogen and oxygen atoms in total. The molecule has 0 aliphatic heterocycles. The van der Waals surface area contributed by atoms with E-state index in [1.54, 1.807) is 0 Å². The van der Waals surface area contributed by atoms with Crippen LogP contribution in [0.15, 0.2) is 162 Å². The van der Waals surface area contributed by atoms with Crippen LogP contribution in [-0.4, -0.2) is 6.21 Å². The van der Waals surface area contributed by atoms with Crippen LogP contribution < -0.4 is 10.4 Å². The third kappa shape index (κ3) is 4.69. The Hall–Kier alpha value is -6.51. The van der Waals surface area contributed by atoms with Crippen LogP contribution in [0.4, 0.5) is 0 Å². The quantitative estimate of drug-likeness (QED) is 0.190. The fraction of sp³-hybridized carbons (Fsp3) is 0. The first kappa shape index (κ1) is 28.7. The summed E-state index contributed by atoms with van der Waals surface area (Å²) < 4.78 is 6.34. The van der Waals surface area contributed by atoms with Crippen LogP contribution >= 0.6 is 0 Å². The lowest BCUT2D eigenvalue weighted by Crippen LogP contribution is -2.28. The Kier molecular flexibility index (Phi) is 6.81. The highest BCUT2D eigenvalue weighted by Crippen LogP contribution is 2.38. The molecule has 0 atom stereocenters. The molecule has 0 bridgehead atoms. The second-order valence-electron chi connectivity index (χ2n) is 12.5. The van der Waals surface area contributed by atoms with Gasteiger partial charge in [0.15, 0.2) is 0 Å². The van der Waals surface area contributed by atoms with E-state index in [1.165, 1.54) is 28.1 Å². The lowest BCUT2D eigenvalue weighted by Gasteiger charge is -2.16. The largest absolute Gasteiger partial charge is 0.455 e. The average Bonchev–Trinajstić information content (AvgIpc) is 3.54. The minimum Gasteiger partial charge on any atom is -0.455 e. The summed E-state index contributed by atoms with van der Waals surface area (Å²) in [4.78, 5) is 0. The highest BCUT2D eigenvalue weighted by atomic mass is 16.3. The summed E-state index contributed by atoms with van der Waals surface area (Å²) in [6.45, 7) is 4.65. The van der Waals surface area contributed by atoms with Crippen molar-refractivity contribution in [3.63, 3.8) is 0 Å². The summed E-state index contributed by atoms with van der Waals surface area (Å²) in [5.74, 6) is 0. The van der Waals surface area contributed by atoms with E-state index in [0.717, 1.165) is 76.5 Å². The summed E-state index contributed by atoms with van der Waals surface area (Å²) in [6, 6.07) is 55.6. The molecule has 9 rings (SSSR count). The van der Waals surface area contributed by atoms with Crippen LogP contribution in [0.2, 0.25) is 0 Å². The predicted octanol–water partition coefficient (Wildman–Crippen LogP) is 11.4. The molecule has 8 aromatic carbocycles. The summed E-state index contributed by atoms with van der Waals surface area (Å²) in [5.41, 5.74) is 10.7. The maximum absolute atomic E-state index is 8.11. The number of hydrogen-bond donors (Lipinski definition) is 1. The van der Waals surface area contributed by atoms with Gasteiger partial charge in [0.25, 0.3) is 0 Å². The predicted molar refractivity (Wildman–Crippen MR) is 208 cm³/mol. The van der Waals surface area contributed by atoms with Crippen molar-refractivity contribution in [1.82, 2.24) is 0 Å². The van der Waals surface area contributed by atoms with Crippen LogP contribution in [0.1, 0.15) is 0 Å². The number of rotatable bonds is 5. The molecule has 0 saturated carbocycles. The molecule has 0 fully saturated rings. The summed E-state index contributed by atoms with van der Waals surface area (Å²) >= 11 is 0. The number of furan rings is 1. The second-order valence-corrected chi connectivity index (χ2v) is 12.5. The molecule has 0 unspecified atom stereocenters. The van der Waals surface area contributed by atoms with E-state index in [9.17, 15) is 0 Å². The van der Waals surface area contributed by atoms with Gasteiger partial charge in [-0.1, -0.05) is 158 Å². The Bertz CT molecular complexity index is 2840. The fourth-order valence-corrected chi connectivity index (χ4v) is 7.50. The zero-order valence-electron chi connectivity index (χ0n) is 26.8. The van der Waals surface area contributed by atoms with Gasteiger partial charge in [-0.3, -0.25) is 0 Å². The molecule has 1 aromatic heterocycles. The zero-order chi connectivity index (χ0) is 32.9. The topological polar surface area (TPSA) is 37.0 Å². The monoisotopic (exact) mass is 625 g/mol. The van der Waals surface area contributed by atoms with Crippen molar-refractivity contribution < 1.29 is 4.42 Å². The van der Waals surface area contributed by atoms with Crippen molar-refractivity contribution in [1.29, 1.82) is 5.41 Å². The highest BCUT2D eigenvalue weighted by molar-refractivity contribution is 6.10. The number of nitrogens with one attached hydrogen (secondary N) is 1. The van der Waals surface area contributed by atoms with Gasteiger partial charge in [-0.15, -0.1) is 0 Å². The first-order valence-corrected chi connectivity index (χ1v) is 16.5. The van der Waals surface area contributed by atoms with E-state index in [1.807, 2.05) is 18.2 Å². The SMILES string of the molecule is C=c1c(-c2ccc(-c3cccc4c3oc3ccccc34)cc2)c2ccccc2c(-c2ccc(-c3cccc4ccccc34)cc2)/c1=C/C=N. The number of para-hydroxylation sites is 2. The van der Waals surface area contributed by atoms with Crippen molar-refractivity contribution in [2.24, 2.45) is 0 Å². The van der Waals surface area contributed by atoms with Gasteiger partial charge in [-0.25, -0.2) is 0 Å². The highest BCUT2D eigenvalue weighted by Gasteiger charge is 2.16. The molecule has 9 aromatic rings. The van der Waals surface area contributed by atoms with E-state index in [-0.39, 0.29) is 0 Å². The van der Waals surface area contributed by atoms with Gasteiger partial charge in [0.1, 0.15) is 11.2 Å². The minimum absolute atomic E-state index is 0.896.